The van der Waals surface area contributed by atoms with Crippen LogP contribution in [0.25, 0.3) is 0 Å². The Balaban J connectivity index is 1.48. The first kappa shape index (κ1) is 16.8. The van der Waals surface area contributed by atoms with Crippen molar-refractivity contribution in [2.45, 2.75) is 110 Å². The third kappa shape index (κ3) is 5.27. The predicted molar refractivity (Wildman–Crippen MR) is 97.0 cm³/mol. The second kappa shape index (κ2) is 8.74. The Morgan fingerprint density at radius 2 is 1.23 bits per heavy atom. The zero-order chi connectivity index (χ0) is 15.2. The zero-order valence-electron chi connectivity index (χ0n) is 15.2. The molecular formula is C22H40. The monoisotopic (exact) mass is 304 g/mol. The fourth-order valence-electron chi connectivity index (χ4n) is 5.68. The molecule has 128 valence electrons. The number of hydrogen-bond donors (Lipinski definition) is 0. The Morgan fingerprint density at radius 3 is 2.00 bits per heavy atom. The molecule has 0 saturated heterocycles. The Morgan fingerprint density at radius 1 is 0.636 bits per heavy atom. The molecule has 0 heteroatoms. The lowest BCUT2D eigenvalue weighted by molar-refractivity contribution is 0.233. The third-order valence-corrected chi connectivity index (χ3v) is 7.30. The Bertz CT molecular complexity index is 297. The van der Waals surface area contributed by atoms with Gasteiger partial charge in [0.1, 0.15) is 0 Å². The van der Waals surface area contributed by atoms with Crippen molar-refractivity contribution in [3.63, 3.8) is 0 Å². The van der Waals surface area contributed by atoms with Crippen molar-refractivity contribution < 1.29 is 0 Å². The number of rotatable bonds is 3. The fraction of sp³-hybridized carbons (Fsp3) is 1.00. The summed E-state index contributed by atoms with van der Waals surface area (Å²) < 4.78 is 0. The largest absolute Gasteiger partial charge is 0.0622 e. The van der Waals surface area contributed by atoms with Crippen molar-refractivity contribution in [2.24, 2.45) is 29.6 Å². The maximum absolute atomic E-state index is 2.61. The average Bonchev–Trinajstić information content (AvgIpc) is 3.19. The van der Waals surface area contributed by atoms with Crippen LogP contribution in [0.3, 0.4) is 0 Å². The van der Waals surface area contributed by atoms with Crippen molar-refractivity contribution in [3.8, 4) is 0 Å². The van der Waals surface area contributed by atoms with E-state index in [1.807, 2.05) is 0 Å². The second-order valence-corrected chi connectivity index (χ2v) is 9.17. The number of fused-ring (bicyclic) bond motifs is 1. The summed E-state index contributed by atoms with van der Waals surface area (Å²) in [7, 11) is 0. The van der Waals surface area contributed by atoms with Crippen LogP contribution in [-0.4, -0.2) is 0 Å². The van der Waals surface area contributed by atoms with Gasteiger partial charge in [0, 0.05) is 0 Å². The molecule has 4 unspecified atom stereocenters. The molecule has 0 aliphatic heterocycles. The normalized spacial score (nSPS) is 36.7. The average molecular weight is 305 g/mol. The quantitative estimate of drug-likeness (QED) is 0.510. The van der Waals surface area contributed by atoms with Crippen LogP contribution in [-0.2, 0) is 0 Å². The molecule has 0 heterocycles. The SMILES string of the molecule is CC(CC1CCCCCC2CC2C1)C1CCCCCCCC1. The van der Waals surface area contributed by atoms with Crippen LogP contribution in [0.2, 0.25) is 0 Å². The van der Waals surface area contributed by atoms with Crippen LogP contribution < -0.4 is 0 Å². The molecule has 0 aromatic rings. The van der Waals surface area contributed by atoms with Gasteiger partial charge in [0.05, 0.1) is 0 Å². The van der Waals surface area contributed by atoms with Crippen LogP contribution >= 0.6 is 0 Å². The fourth-order valence-corrected chi connectivity index (χ4v) is 5.68. The first-order valence-electron chi connectivity index (χ1n) is 10.8. The van der Waals surface area contributed by atoms with E-state index in [2.05, 4.69) is 6.92 Å². The molecule has 0 spiro atoms. The van der Waals surface area contributed by atoms with Gasteiger partial charge in [0.15, 0.2) is 0 Å². The van der Waals surface area contributed by atoms with E-state index in [4.69, 9.17) is 0 Å². The highest BCUT2D eigenvalue weighted by molar-refractivity contribution is 4.89. The molecule has 0 nitrogen and oxygen atoms in total. The molecule has 4 atom stereocenters. The molecule has 3 rings (SSSR count). The molecule has 0 aromatic heterocycles. The van der Waals surface area contributed by atoms with Gasteiger partial charge in [0.2, 0.25) is 0 Å². The van der Waals surface area contributed by atoms with Gasteiger partial charge in [-0.15, -0.1) is 0 Å². The summed E-state index contributed by atoms with van der Waals surface area (Å²) in [6.07, 6.45) is 24.6. The molecule has 0 aromatic carbocycles. The van der Waals surface area contributed by atoms with E-state index in [1.54, 1.807) is 44.9 Å². The maximum atomic E-state index is 2.61. The third-order valence-electron chi connectivity index (χ3n) is 7.30. The van der Waals surface area contributed by atoms with E-state index < -0.39 is 0 Å². The summed E-state index contributed by atoms with van der Waals surface area (Å²) in [5.41, 5.74) is 0. The molecule has 3 saturated carbocycles. The van der Waals surface area contributed by atoms with Gasteiger partial charge in [-0.3, -0.25) is 0 Å². The molecule has 0 bridgehead atoms. The van der Waals surface area contributed by atoms with Gasteiger partial charge in [-0.05, 0) is 48.9 Å². The van der Waals surface area contributed by atoms with Crippen molar-refractivity contribution in [1.29, 1.82) is 0 Å². The van der Waals surface area contributed by atoms with Crippen LogP contribution in [0.4, 0.5) is 0 Å². The summed E-state index contributed by atoms with van der Waals surface area (Å²) in [5, 5.41) is 0. The first-order valence-corrected chi connectivity index (χ1v) is 10.8. The Hall–Kier alpha value is 0. The standard InChI is InChI=1S/C22H40/c1-18(20-12-8-4-2-3-5-9-13-20)15-19-11-7-6-10-14-21-17-22(21)16-19/h18-22H,2-17H2,1H3. The Kier molecular flexibility index (Phi) is 6.69. The lowest BCUT2D eigenvalue weighted by atomic mass is 9.78. The molecular weight excluding hydrogens is 264 g/mol. The van der Waals surface area contributed by atoms with E-state index in [9.17, 15) is 0 Å². The topological polar surface area (TPSA) is 0 Å². The molecule has 22 heavy (non-hydrogen) atoms. The van der Waals surface area contributed by atoms with Crippen molar-refractivity contribution in [3.05, 3.63) is 0 Å². The van der Waals surface area contributed by atoms with E-state index in [-0.39, 0.29) is 0 Å². The highest BCUT2D eigenvalue weighted by Gasteiger charge is 2.38. The van der Waals surface area contributed by atoms with Gasteiger partial charge in [-0.25, -0.2) is 0 Å². The molecule has 3 aliphatic carbocycles. The Labute approximate surface area is 139 Å². The molecule has 0 amide bonds. The summed E-state index contributed by atoms with van der Waals surface area (Å²) in [6, 6.07) is 0. The van der Waals surface area contributed by atoms with Crippen LogP contribution in [0, 0.1) is 29.6 Å². The number of hydrogen-bond acceptors (Lipinski definition) is 0. The second-order valence-electron chi connectivity index (χ2n) is 9.17. The van der Waals surface area contributed by atoms with E-state index in [1.165, 1.54) is 57.8 Å². The lowest BCUT2D eigenvalue weighted by Crippen LogP contribution is -2.17. The summed E-state index contributed by atoms with van der Waals surface area (Å²) in [4.78, 5) is 0. The maximum Gasteiger partial charge on any atom is -0.0380 e. The first-order chi connectivity index (χ1) is 10.8. The van der Waals surface area contributed by atoms with Gasteiger partial charge >= 0.3 is 0 Å². The van der Waals surface area contributed by atoms with Gasteiger partial charge in [0.25, 0.3) is 0 Å². The van der Waals surface area contributed by atoms with Crippen molar-refractivity contribution in [2.75, 3.05) is 0 Å². The van der Waals surface area contributed by atoms with E-state index in [0.717, 1.165) is 29.6 Å². The van der Waals surface area contributed by atoms with Gasteiger partial charge in [-0.2, -0.15) is 0 Å². The van der Waals surface area contributed by atoms with Crippen molar-refractivity contribution >= 4 is 0 Å². The summed E-state index contributed by atoms with van der Waals surface area (Å²) in [5.74, 6) is 5.44. The predicted octanol–water partition coefficient (Wildman–Crippen LogP) is 7.37. The van der Waals surface area contributed by atoms with Crippen LogP contribution in [0.15, 0.2) is 0 Å². The van der Waals surface area contributed by atoms with Crippen LogP contribution in [0.5, 0.6) is 0 Å². The highest BCUT2D eigenvalue weighted by atomic mass is 14.4. The minimum absolute atomic E-state index is 1.00. The summed E-state index contributed by atoms with van der Waals surface area (Å²) >= 11 is 0. The van der Waals surface area contributed by atoms with Gasteiger partial charge < -0.3 is 0 Å². The van der Waals surface area contributed by atoms with Gasteiger partial charge in [-0.1, -0.05) is 90.4 Å². The minimum atomic E-state index is 1.00. The molecule has 0 radical (unpaired) electrons. The highest BCUT2D eigenvalue weighted by Crippen LogP contribution is 2.49. The molecule has 0 N–H and O–H groups in total. The lowest BCUT2D eigenvalue weighted by Gasteiger charge is -2.28. The minimum Gasteiger partial charge on any atom is -0.0622 e. The van der Waals surface area contributed by atoms with E-state index >= 15 is 0 Å². The van der Waals surface area contributed by atoms with Crippen molar-refractivity contribution in [1.82, 2.24) is 0 Å². The molecule has 3 aliphatic rings. The smallest absolute Gasteiger partial charge is 0.0380 e. The zero-order valence-corrected chi connectivity index (χ0v) is 15.2. The van der Waals surface area contributed by atoms with E-state index in [0.29, 0.717) is 0 Å². The molecule has 3 fully saturated rings. The van der Waals surface area contributed by atoms with Crippen LogP contribution in [0.1, 0.15) is 110 Å². The summed E-state index contributed by atoms with van der Waals surface area (Å²) in [6.45, 7) is 2.61.